The van der Waals surface area contributed by atoms with Gasteiger partial charge >= 0.3 is 0 Å². The molecule has 3 rings (SSSR count). The summed E-state index contributed by atoms with van der Waals surface area (Å²) in [7, 11) is 0. The van der Waals surface area contributed by atoms with Gasteiger partial charge in [0.15, 0.2) is 5.78 Å². The zero-order valence-corrected chi connectivity index (χ0v) is 12.1. The Hall–Kier alpha value is -1.35. The van der Waals surface area contributed by atoms with Gasteiger partial charge in [-0.3, -0.25) is 4.79 Å². The molecule has 1 aromatic rings. The lowest BCUT2D eigenvalue weighted by molar-refractivity contribution is 0.0971. The van der Waals surface area contributed by atoms with Crippen LogP contribution in [-0.4, -0.2) is 25.4 Å². The third kappa shape index (κ3) is 3.21. The summed E-state index contributed by atoms with van der Waals surface area (Å²) in [6, 6.07) is 6.19. The molecule has 3 heteroatoms. The van der Waals surface area contributed by atoms with Gasteiger partial charge in [-0.2, -0.15) is 0 Å². The molecular formula is C17H24N2O. The first-order valence-corrected chi connectivity index (χ1v) is 7.93. The van der Waals surface area contributed by atoms with E-state index in [2.05, 4.69) is 22.8 Å². The number of benzene rings is 1. The third-order valence-corrected chi connectivity index (χ3v) is 4.61. The van der Waals surface area contributed by atoms with Gasteiger partial charge in [-0.15, -0.1) is 0 Å². The number of Topliss-reactive ketones (excluding diaryl/α,β-unsaturated/α-hetero) is 1. The van der Waals surface area contributed by atoms with Crippen LogP contribution >= 0.6 is 0 Å². The topological polar surface area (TPSA) is 41.1 Å². The summed E-state index contributed by atoms with van der Waals surface area (Å²) >= 11 is 0. The van der Waals surface area contributed by atoms with Gasteiger partial charge in [0.2, 0.25) is 0 Å². The summed E-state index contributed by atoms with van der Waals surface area (Å²) in [6.45, 7) is 3.25. The lowest BCUT2D eigenvalue weighted by Crippen LogP contribution is -2.28. The van der Waals surface area contributed by atoms with E-state index in [1.807, 2.05) is 6.07 Å². The molecular weight excluding hydrogens is 248 g/mol. The molecule has 3 nitrogen and oxygen atoms in total. The molecule has 1 saturated heterocycles. The van der Waals surface area contributed by atoms with E-state index in [-0.39, 0.29) is 0 Å². The number of carbonyl (C=O) groups excluding carboxylic acids is 1. The predicted octanol–water partition coefficient (Wildman–Crippen LogP) is 3.01. The van der Waals surface area contributed by atoms with Crippen molar-refractivity contribution in [2.75, 3.05) is 25.0 Å². The molecule has 0 unspecified atom stereocenters. The van der Waals surface area contributed by atoms with E-state index in [9.17, 15) is 4.79 Å². The molecule has 0 spiro atoms. The largest absolute Gasteiger partial charge is 0.385 e. The Morgan fingerprint density at radius 2 is 2.05 bits per heavy atom. The van der Waals surface area contributed by atoms with Crippen molar-refractivity contribution in [1.82, 2.24) is 5.32 Å². The van der Waals surface area contributed by atoms with Crippen LogP contribution in [0.1, 0.15) is 48.0 Å². The number of hydrogen-bond acceptors (Lipinski definition) is 3. The van der Waals surface area contributed by atoms with Gasteiger partial charge in [0, 0.05) is 24.2 Å². The highest BCUT2D eigenvalue weighted by atomic mass is 16.1. The molecule has 108 valence electrons. The molecule has 2 N–H and O–H groups in total. The number of rotatable bonds is 4. The first kappa shape index (κ1) is 13.6. The SMILES string of the molecule is O=C(CCC1CCNCC1)c1ccc2c(c1)NCCC2. The lowest BCUT2D eigenvalue weighted by atomic mass is 9.90. The average molecular weight is 272 g/mol. The van der Waals surface area contributed by atoms with E-state index in [0.717, 1.165) is 44.0 Å². The van der Waals surface area contributed by atoms with Crippen molar-refractivity contribution < 1.29 is 4.79 Å². The monoisotopic (exact) mass is 272 g/mol. The molecule has 1 fully saturated rings. The van der Waals surface area contributed by atoms with Crippen LogP contribution in [0.25, 0.3) is 0 Å². The molecule has 0 atom stereocenters. The minimum atomic E-state index is 0.304. The van der Waals surface area contributed by atoms with Crippen molar-refractivity contribution in [2.45, 2.75) is 38.5 Å². The highest BCUT2D eigenvalue weighted by Crippen LogP contribution is 2.25. The number of piperidine rings is 1. The second-order valence-corrected chi connectivity index (χ2v) is 6.06. The minimum Gasteiger partial charge on any atom is -0.385 e. The molecule has 0 radical (unpaired) electrons. The first-order chi connectivity index (χ1) is 9.83. The zero-order valence-electron chi connectivity index (χ0n) is 12.1. The fourth-order valence-electron chi connectivity index (χ4n) is 3.28. The molecule has 20 heavy (non-hydrogen) atoms. The number of ketones is 1. The van der Waals surface area contributed by atoms with Crippen LogP contribution in [-0.2, 0) is 6.42 Å². The van der Waals surface area contributed by atoms with Crippen molar-refractivity contribution in [3.8, 4) is 0 Å². The summed E-state index contributed by atoms with van der Waals surface area (Å²) in [6.07, 6.45) is 6.51. The van der Waals surface area contributed by atoms with Gasteiger partial charge in [-0.05, 0) is 62.7 Å². The number of fused-ring (bicyclic) bond motifs is 1. The molecule has 0 aromatic heterocycles. The van der Waals surface area contributed by atoms with E-state index < -0.39 is 0 Å². The maximum atomic E-state index is 12.3. The van der Waals surface area contributed by atoms with Crippen LogP contribution in [0.4, 0.5) is 5.69 Å². The number of carbonyl (C=O) groups is 1. The highest BCUT2D eigenvalue weighted by Gasteiger charge is 2.16. The molecule has 2 aliphatic rings. The Morgan fingerprint density at radius 1 is 1.20 bits per heavy atom. The number of anilines is 1. The van der Waals surface area contributed by atoms with Crippen molar-refractivity contribution in [3.05, 3.63) is 29.3 Å². The zero-order chi connectivity index (χ0) is 13.8. The standard InChI is InChI=1S/C17H24N2O/c20-17(6-3-13-7-10-18-11-8-13)15-5-4-14-2-1-9-19-16(14)12-15/h4-5,12-13,18-19H,1-3,6-11H2. The summed E-state index contributed by atoms with van der Waals surface area (Å²) in [5.41, 5.74) is 3.40. The van der Waals surface area contributed by atoms with Gasteiger partial charge in [-0.1, -0.05) is 12.1 Å². The Bertz CT molecular complexity index is 478. The number of nitrogens with one attached hydrogen (secondary N) is 2. The van der Waals surface area contributed by atoms with E-state index in [1.54, 1.807) is 0 Å². The van der Waals surface area contributed by atoms with E-state index in [1.165, 1.54) is 30.5 Å². The molecule has 0 saturated carbocycles. The van der Waals surface area contributed by atoms with E-state index in [0.29, 0.717) is 12.2 Å². The Morgan fingerprint density at radius 3 is 2.90 bits per heavy atom. The summed E-state index contributed by atoms with van der Waals surface area (Å²) in [5.74, 6) is 1.04. The van der Waals surface area contributed by atoms with Crippen LogP contribution < -0.4 is 10.6 Å². The number of hydrogen-bond donors (Lipinski definition) is 2. The third-order valence-electron chi connectivity index (χ3n) is 4.61. The summed E-state index contributed by atoms with van der Waals surface area (Å²) < 4.78 is 0. The second-order valence-electron chi connectivity index (χ2n) is 6.06. The normalized spacial score (nSPS) is 19.2. The van der Waals surface area contributed by atoms with Crippen LogP contribution in [0.3, 0.4) is 0 Å². The second kappa shape index (κ2) is 6.40. The molecule has 2 aliphatic heterocycles. The van der Waals surface area contributed by atoms with Gasteiger partial charge in [-0.25, -0.2) is 0 Å². The van der Waals surface area contributed by atoms with Crippen LogP contribution in [0.2, 0.25) is 0 Å². The number of aryl methyl sites for hydroxylation is 1. The highest BCUT2D eigenvalue weighted by molar-refractivity contribution is 5.97. The fourth-order valence-corrected chi connectivity index (χ4v) is 3.28. The fraction of sp³-hybridized carbons (Fsp3) is 0.588. The van der Waals surface area contributed by atoms with Gasteiger partial charge in [0.25, 0.3) is 0 Å². The molecule has 0 aliphatic carbocycles. The van der Waals surface area contributed by atoms with Crippen LogP contribution in [0, 0.1) is 5.92 Å². The van der Waals surface area contributed by atoms with Gasteiger partial charge in [0.05, 0.1) is 0 Å². The Kier molecular flexibility index (Phi) is 4.36. The average Bonchev–Trinajstić information content (AvgIpc) is 2.53. The predicted molar refractivity (Wildman–Crippen MR) is 82.4 cm³/mol. The molecule has 0 bridgehead atoms. The van der Waals surface area contributed by atoms with Gasteiger partial charge in [0.1, 0.15) is 0 Å². The van der Waals surface area contributed by atoms with Crippen LogP contribution in [0.5, 0.6) is 0 Å². The van der Waals surface area contributed by atoms with E-state index in [4.69, 9.17) is 0 Å². The Labute approximate surface area is 121 Å². The molecule has 2 heterocycles. The van der Waals surface area contributed by atoms with Crippen molar-refractivity contribution in [2.24, 2.45) is 5.92 Å². The Balaban J connectivity index is 1.59. The van der Waals surface area contributed by atoms with E-state index >= 15 is 0 Å². The lowest BCUT2D eigenvalue weighted by Gasteiger charge is -2.22. The summed E-state index contributed by atoms with van der Waals surface area (Å²) in [5, 5.41) is 6.78. The van der Waals surface area contributed by atoms with Crippen molar-refractivity contribution in [1.29, 1.82) is 0 Å². The minimum absolute atomic E-state index is 0.304. The maximum absolute atomic E-state index is 12.3. The van der Waals surface area contributed by atoms with Crippen molar-refractivity contribution in [3.63, 3.8) is 0 Å². The maximum Gasteiger partial charge on any atom is 0.162 e. The van der Waals surface area contributed by atoms with Gasteiger partial charge < -0.3 is 10.6 Å². The first-order valence-electron chi connectivity index (χ1n) is 7.93. The molecule has 0 amide bonds. The van der Waals surface area contributed by atoms with Crippen LogP contribution in [0.15, 0.2) is 18.2 Å². The smallest absolute Gasteiger partial charge is 0.162 e. The quantitative estimate of drug-likeness (QED) is 0.828. The van der Waals surface area contributed by atoms with Crippen molar-refractivity contribution >= 4 is 11.5 Å². The molecule has 1 aromatic carbocycles. The summed E-state index contributed by atoms with van der Waals surface area (Å²) in [4.78, 5) is 12.3.